The first-order valence-electron chi connectivity index (χ1n) is 21.2. The molecule has 8 atom stereocenters. The Kier molecular flexibility index (Phi) is 9.81. The van der Waals surface area contributed by atoms with Crippen molar-refractivity contribution in [3.8, 4) is 17.6 Å². The van der Waals surface area contributed by atoms with E-state index in [9.17, 15) is 24.8 Å². The fourth-order valence-electron chi connectivity index (χ4n) is 13.6. The second-order valence-electron chi connectivity index (χ2n) is 20.5. The van der Waals surface area contributed by atoms with Crippen molar-refractivity contribution in [2.24, 2.45) is 50.7 Å². The summed E-state index contributed by atoms with van der Waals surface area (Å²) in [7, 11) is 0. The molecule has 5 aliphatic carbocycles. The quantitative estimate of drug-likeness (QED) is 0.247. The number of ether oxygens (including phenoxy) is 1. The van der Waals surface area contributed by atoms with Gasteiger partial charge in [0.05, 0.1) is 22.8 Å². The van der Waals surface area contributed by atoms with Crippen LogP contribution in [0.2, 0.25) is 0 Å². The zero-order valence-corrected chi connectivity index (χ0v) is 35.4. The largest absolute Gasteiger partial charge is 0.481 e. The van der Waals surface area contributed by atoms with Crippen LogP contribution in [0.3, 0.4) is 0 Å². The molecule has 7 rings (SSSR count). The number of rotatable bonds is 9. The number of carboxylic acid groups (broad SMARTS) is 1. The first-order chi connectivity index (χ1) is 26.2. The molecule has 0 radical (unpaired) electrons. The number of carbonyl (C=O) groups excluding carboxylic acids is 2. The Morgan fingerprint density at radius 2 is 1.73 bits per heavy atom. The van der Waals surface area contributed by atoms with E-state index in [2.05, 4.69) is 71.0 Å². The molecule has 0 saturated heterocycles. The van der Waals surface area contributed by atoms with Crippen molar-refractivity contribution in [1.29, 1.82) is 5.26 Å². The van der Waals surface area contributed by atoms with E-state index in [1.54, 1.807) is 26.1 Å². The van der Waals surface area contributed by atoms with Crippen LogP contribution in [0.25, 0.3) is 11.5 Å². The van der Waals surface area contributed by atoms with Crippen LogP contribution in [0.4, 0.5) is 0 Å². The number of nitrogens with zero attached hydrogens (tertiary/aromatic N) is 5. The predicted molar refractivity (Wildman–Crippen MR) is 213 cm³/mol. The van der Waals surface area contributed by atoms with E-state index in [0.717, 1.165) is 69.2 Å². The molecule has 5 aliphatic rings. The maximum atomic E-state index is 14.4. The number of carboxylic acids is 1. The highest BCUT2D eigenvalue weighted by Crippen LogP contribution is 2.76. The van der Waals surface area contributed by atoms with Crippen molar-refractivity contribution in [2.45, 2.75) is 158 Å². The molecule has 0 bridgehead atoms. The van der Waals surface area contributed by atoms with Crippen molar-refractivity contribution in [3.05, 3.63) is 40.9 Å². The number of aromatic nitrogens is 4. The van der Waals surface area contributed by atoms with Gasteiger partial charge in [0, 0.05) is 24.6 Å². The van der Waals surface area contributed by atoms with Gasteiger partial charge in [0.15, 0.2) is 11.6 Å². The van der Waals surface area contributed by atoms with Crippen molar-refractivity contribution in [3.63, 3.8) is 0 Å². The second kappa shape index (κ2) is 13.6. The lowest BCUT2D eigenvalue weighted by Gasteiger charge is -2.72. The molecule has 4 saturated carbocycles. The molecule has 0 amide bonds. The number of aliphatic carboxylic acids is 1. The van der Waals surface area contributed by atoms with Crippen molar-refractivity contribution in [1.82, 2.24) is 19.7 Å². The van der Waals surface area contributed by atoms with Crippen LogP contribution in [0.15, 0.2) is 29.5 Å². The zero-order chi connectivity index (χ0) is 40.8. The highest BCUT2D eigenvalue weighted by Gasteiger charge is 2.71. The molecule has 4 fully saturated rings. The number of hydrogen-bond acceptors (Lipinski definition) is 8. The van der Waals surface area contributed by atoms with Crippen LogP contribution >= 0.6 is 0 Å². The number of ketones is 1. The van der Waals surface area contributed by atoms with Crippen LogP contribution in [0.1, 0.15) is 151 Å². The van der Waals surface area contributed by atoms with Gasteiger partial charge >= 0.3 is 11.9 Å². The summed E-state index contributed by atoms with van der Waals surface area (Å²) in [6, 6.07) is 5.78. The maximum Gasteiger partial charge on any atom is 0.309 e. The van der Waals surface area contributed by atoms with Crippen molar-refractivity contribution < 1.29 is 24.2 Å². The Morgan fingerprint density at radius 1 is 1.00 bits per heavy atom. The van der Waals surface area contributed by atoms with Gasteiger partial charge in [0.25, 0.3) is 0 Å². The van der Waals surface area contributed by atoms with E-state index in [-0.39, 0.29) is 51.8 Å². The summed E-state index contributed by atoms with van der Waals surface area (Å²) in [5.41, 5.74) is 1.64. The van der Waals surface area contributed by atoms with Gasteiger partial charge in [-0.2, -0.15) is 5.26 Å². The topological polar surface area (TPSA) is 148 Å². The summed E-state index contributed by atoms with van der Waals surface area (Å²) in [6.45, 7) is 22.6. The lowest BCUT2D eigenvalue weighted by Crippen LogP contribution is -2.66. The van der Waals surface area contributed by atoms with Gasteiger partial charge in [0.1, 0.15) is 23.7 Å². The number of carbonyl (C=O) groups is 3. The summed E-state index contributed by atoms with van der Waals surface area (Å²) < 4.78 is 8.42. The molecule has 1 N–H and O–H groups in total. The molecular formula is C46H63N5O5. The molecule has 2 heterocycles. The third-order valence-corrected chi connectivity index (χ3v) is 16.6. The van der Waals surface area contributed by atoms with Crippen LogP contribution in [0, 0.1) is 62.1 Å². The highest BCUT2D eigenvalue weighted by molar-refractivity contribution is 6.01. The Hall–Kier alpha value is -3.87. The van der Waals surface area contributed by atoms with Gasteiger partial charge in [-0.1, -0.05) is 55.4 Å². The summed E-state index contributed by atoms with van der Waals surface area (Å²) >= 11 is 0. The molecule has 10 nitrogen and oxygen atoms in total. The number of allylic oxidation sites excluding steroid dienone is 2. The van der Waals surface area contributed by atoms with Gasteiger partial charge in [-0.05, 0) is 135 Å². The molecule has 0 aromatic carbocycles. The maximum absolute atomic E-state index is 14.4. The van der Waals surface area contributed by atoms with E-state index in [0.29, 0.717) is 41.9 Å². The molecule has 0 spiro atoms. The monoisotopic (exact) mass is 765 g/mol. The van der Waals surface area contributed by atoms with Gasteiger partial charge in [-0.15, -0.1) is 10.2 Å². The molecular weight excluding hydrogens is 703 g/mol. The van der Waals surface area contributed by atoms with Gasteiger partial charge in [-0.3, -0.25) is 19.4 Å². The molecule has 3 unspecified atom stereocenters. The summed E-state index contributed by atoms with van der Waals surface area (Å²) in [6.07, 6.45) is 10.3. The Bertz CT molecular complexity index is 2000. The fraction of sp³-hybridized carbons (Fsp3) is 0.717. The van der Waals surface area contributed by atoms with Gasteiger partial charge in [-0.25, -0.2) is 0 Å². The predicted octanol–water partition coefficient (Wildman–Crippen LogP) is 9.27. The highest BCUT2D eigenvalue weighted by atomic mass is 16.5. The summed E-state index contributed by atoms with van der Waals surface area (Å²) in [4.78, 5) is 44.0. The lowest BCUT2D eigenvalue weighted by atomic mass is 9.33. The number of Topliss-reactive ketones (excluding diaryl/α,β-unsaturated/α-hetero) is 1. The Labute approximate surface area is 333 Å². The minimum atomic E-state index is -1.17. The van der Waals surface area contributed by atoms with Crippen LogP contribution < -0.4 is 0 Å². The zero-order valence-electron chi connectivity index (χ0n) is 35.4. The Morgan fingerprint density at radius 3 is 2.36 bits per heavy atom. The van der Waals surface area contributed by atoms with E-state index in [4.69, 9.17) is 14.9 Å². The number of hydrogen-bond donors (Lipinski definition) is 1. The molecule has 2 aromatic heterocycles. The summed E-state index contributed by atoms with van der Waals surface area (Å²) in [5, 5.41) is 28.8. The standard InChI is InChI=1S/C46H63N5O5/c1-11-22-51-38(30-14-12-28(25-47)26-48-30)49-50-39(51)46-21-20-44(9)29(37(46)36(27(2)3)31(52)23-46)13-15-33-43(8)18-17-34(56-35(53)24-41(4,5)40(54)55)42(6,7)32(43)16-19-45(33,44)10/h12,14,26-27,29,32-34H,11,13,15-24H2,1-10H3,(H,54,55)/t29?,32-,33+,34-,43?,44+,45?,46+/m0/s1. The average molecular weight is 766 g/mol. The number of pyridine rings is 1. The van der Waals surface area contributed by atoms with Crippen molar-refractivity contribution >= 4 is 17.7 Å². The smallest absolute Gasteiger partial charge is 0.309 e. The van der Waals surface area contributed by atoms with Gasteiger partial charge in [0.2, 0.25) is 0 Å². The van der Waals surface area contributed by atoms with Crippen molar-refractivity contribution in [2.75, 3.05) is 0 Å². The van der Waals surface area contributed by atoms with E-state index in [1.807, 2.05) is 6.07 Å². The van der Waals surface area contributed by atoms with E-state index >= 15 is 0 Å². The van der Waals surface area contributed by atoms with E-state index < -0.39 is 22.8 Å². The van der Waals surface area contributed by atoms with Crippen LogP contribution in [-0.2, 0) is 31.1 Å². The Balaban J connectivity index is 1.24. The van der Waals surface area contributed by atoms with Crippen LogP contribution in [-0.4, -0.2) is 48.7 Å². The molecule has 10 heteroatoms. The number of esters is 1. The first-order valence-corrected chi connectivity index (χ1v) is 21.2. The number of fused-ring (bicyclic) bond motifs is 7. The minimum absolute atomic E-state index is 0.0313. The first kappa shape index (κ1) is 40.3. The normalized spacial score (nSPS) is 34.9. The number of nitriles is 1. The molecule has 0 aliphatic heterocycles. The molecule has 2 aromatic rings. The third kappa shape index (κ3) is 5.74. The van der Waals surface area contributed by atoms with E-state index in [1.165, 1.54) is 5.57 Å². The lowest BCUT2D eigenvalue weighted by molar-refractivity contribution is -0.232. The molecule has 302 valence electrons. The van der Waals surface area contributed by atoms with Gasteiger partial charge < -0.3 is 14.4 Å². The molecule has 56 heavy (non-hydrogen) atoms. The summed E-state index contributed by atoms with van der Waals surface area (Å²) in [5.74, 6) is 1.60. The van der Waals surface area contributed by atoms with Crippen LogP contribution in [0.5, 0.6) is 0 Å². The second-order valence-corrected chi connectivity index (χ2v) is 20.5. The minimum Gasteiger partial charge on any atom is -0.481 e. The fourth-order valence-corrected chi connectivity index (χ4v) is 13.6. The third-order valence-electron chi connectivity index (χ3n) is 16.6. The SMILES string of the molecule is CCCn1c(-c2ccc(C#N)cn2)nnc1[C@@]12CC[C@]3(C)C(CC[C@@H]4C5(C)CC[C@H](OC(=O)CC(C)(C)C(=O)O)C(C)(C)[C@@H]5CCC43C)C1=C(C(C)C)C(=O)C2. The average Bonchev–Trinajstić information content (AvgIpc) is 3.68.